The summed E-state index contributed by atoms with van der Waals surface area (Å²) in [7, 11) is 0. The lowest BCUT2D eigenvalue weighted by Crippen LogP contribution is -2.44. The van der Waals surface area contributed by atoms with Crippen LogP contribution in [-0.4, -0.2) is 38.3 Å². The Hall–Kier alpha value is -1.10. The average molecular weight is 297 g/mol. The van der Waals surface area contributed by atoms with E-state index < -0.39 is 0 Å². The molecule has 1 heterocycles. The Bertz CT molecular complexity index is 453. The average Bonchev–Trinajstić information content (AvgIpc) is 2.87. The van der Waals surface area contributed by atoms with E-state index in [0.717, 1.165) is 23.6 Å². The van der Waals surface area contributed by atoms with Gasteiger partial charge in [0.25, 0.3) is 0 Å². The summed E-state index contributed by atoms with van der Waals surface area (Å²) in [5.41, 5.74) is 1.13. The van der Waals surface area contributed by atoms with Crippen molar-refractivity contribution in [2.75, 3.05) is 26.3 Å². The van der Waals surface area contributed by atoms with Gasteiger partial charge in [0, 0.05) is 17.6 Å². The van der Waals surface area contributed by atoms with Gasteiger partial charge in [-0.05, 0) is 30.7 Å². The van der Waals surface area contributed by atoms with Gasteiger partial charge in [0.15, 0.2) is 0 Å². The molecular weight excluding hydrogens is 276 g/mol. The van der Waals surface area contributed by atoms with Crippen molar-refractivity contribution in [1.82, 2.24) is 10.6 Å². The maximum absolute atomic E-state index is 12.1. The van der Waals surface area contributed by atoms with Gasteiger partial charge in [-0.3, -0.25) is 4.79 Å². The van der Waals surface area contributed by atoms with Crippen molar-refractivity contribution in [2.24, 2.45) is 5.92 Å². The number of hydrogen-bond acceptors (Lipinski definition) is 3. The van der Waals surface area contributed by atoms with Crippen LogP contribution in [0.25, 0.3) is 0 Å². The van der Waals surface area contributed by atoms with Crippen LogP contribution in [0.2, 0.25) is 5.02 Å². The minimum absolute atomic E-state index is 0.0653. The van der Waals surface area contributed by atoms with Gasteiger partial charge in [-0.15, -0.1) is 0 Å². The molecule has 20 heavy (non-hydrogen) atoms. The highest BCUT2D eigenvalue weighted by Crippen LogP contribution is 2.14. The summed E-state index contributed by atoms with van der Waals surface area (Å²) in [5.74, 6) is -0.0233. The highest BCUT2D eigenvalue weighted by atomic mass is 35.5. The lowest BCUT2D eigenvalue weighted by atomic mass is 10.0. The van der Waals surface area contributed by atoms with Gasteiger partial charge in [0.2, 0.25) is 5.91 Å². The van der Waals surface area contributed by atoms with Gasteiger partial charge in [0.05, 0.1) is 19.1 Å². The van der Waals surface area contributed by atoms with Crippen molar-refractivity contribution < 1.29 is 9.53 Å². The molecular formula is C15H21ClN2O2. The fourth-order valence-electron chi connectivity index (χ4n) is 2.43. The molecule has 1 aromatic rings. The largest absolute Gasteiger partial charge is 0.379 e. The third kappa shape index (κ3) is 4.20. The van der Waals surface area contributed by atoms with Crippen molar-refractivity contribution in [3.05, 3.63) is 34.9 Å². The van der Waals surface area contributed by atoms with E-state index in [1.54, 1.807) is 0 Å². The van der Waals surface area contributed by atoms with Gasteiger partial charge >= 0.3 is 0 Å². The Morgan fingerprint density at radius 3 is 3.05 bits per heavy atom. The highest BCUT2D eigenvalue weighted by molar-refractivity contribution is 6.30. The van der Waals surface area contributed by atoms with Crippen LogP contribution < -0.4 is 10.6 Å². The summed E-state index contributed by atoms with van der Waals surface area (Å²) in [6, 6.07) is 7.84. The smallest absolute Gasteiger partial charge is 0.227 e. The third-order valence-electron chi connectivity index (χ3n) is 3.49. The van der Waals surface area contributed by atoms with Crippen LogP contribution in [0, 0.1) is 5.92 Å². The second-order valence-electron chi connectivity index (χ2n) is 4.98. The molecule has 0 saturated carbocycles. The number of hydrogen-bond donors (Lipinski definition) is 2. The molecule has 0 aliphatic carbocycles. The second kappa shape index (κ2) is 7.62. The van der Waals surface area contributed by atoms with Gasteiger partial charge in [-0.1, -0.05) is 30.7 Å². The minimum Gasteiger partial charge on any atom is -0.379 e. The molecule has 2 unspecified atom stereocenters. The van der Waals surface area contributed by atoms with E-state index in [1.807, 2.05) is 31.2 Å². The van der Waals surface area contributed by atoms with Crippen LogP contribution in [0.3, 0.4) is 0 Å². The molecule has 2 rings (SSSR count). The Morgan fingerprint density at radius 2 is 2.30 bits per heavy atom. The zero-order chi connectivity index (χ0) is 14.4. The molecule has 1 aromatic carbocycles. The molecule has 4 nitrogen and oxygen atoms in total. The Balaban J connectivity index is 1.77. The van der Waals surface area contributed by atoms with Gasteiger partial charge in [-0.25, -0.2) is 0 Å². The number of halogens is 1. The SMILES string of the molecule is CCNC1COCC1C(=O)NCCc1cccc(Cl)c1. The number of nitrogens with one attached hydrogen (secondary N) is 2. The molecule has 0 spiro atoms. The molecule has 2 N–H and O–H groups in total. The molecule has 2 atom stereocenters. The van der Waals surface area contributed by atoms with E-state index in [9.17, 15) is 4.79 Å². The Morgan fingerprint density at radius 1 is 1.45 bits per heavy atom. The van der Waals surface area contributed by atoms with E-state index in [4.69, 9.17) is 16.3 Å². The van der Waals surface area contributed by atoms with E-state index >= 15 is 0 Å². The molecule has 0 aromatic heterocycles. The van der Waals surface area contributed by atoms with E-state index in [0.29, 0.717) is 19.8 Å². The molecule has 5 heteroatoms. The monoisotopic (exact) mass is 296 g/mol. The Labute approximate surface area is 124 Å². The molecule has 1 aliphatic heterocycles. The normalized spacial score (nSPS) is 21.9. The topological polar surface area (TPSA) is 50.4 Å². The van der Waals surface area contributed by atoms with Gasteiger partial charge < -0.3 is 15.4 Å². The van der Waals surface area contributed by atoms with Crippen LogP contribution in [0.5, 0.6) is 0 Å². The molecule has 0 bridgehead atoms. The van der Waals surface area contributed by atoms with Crippen LogP contribution in [0.4, 0.5) is 0 Å². The van der Waals surface area contributed by atoms with E-state index in [2.05, 4.69) is 10.6 Å². The van der Waals surface area contributed by atoms with Crippen molar-refractivity contribution in [3.8, 4) is 0 Å². The van der Waals surface area contributed by atoms with Crippen molar-refractivity contribution >= 4 is 17.5 Å². The molecule has 0 radical (unpaired) electrons. The maximum Gasteiger partial charge on any atom is 0.227 e. The molecule has 110 valence electrons. The number of amides is 1. The van der Waals surface area contributed by atoms with Crippen LogP contribution in [0.15, 0.2) is 24.3 Å². The number of likely N-dealkylation sites (N-methyl/N-ethyl adjacent to an activating group) is 1. The maximum atomic E-state index is 12.1. The lowest BCUT2D eigenvalue weighted by molar-refractivity contribution is -0.125. The predicted molar refractivity (Wildman–Crippen MR) is 79.9 cm³/mol. The summed E-state index contributed by atoms with van der Waals surface area (Å²) in [6.07, 6.45) is 0.783. The van der Waals surface area contributed by atoms with Crippen LogP contribution in [0.1, 0.15) is 12.5 Å². The zero-order valence-corrected chi connectivity index (χ0v) is 12.5. The molecule has 1 amide bonds. The number of benzene rings is 1. The van der Waals surface area contributed by atoms with Crippen LogP contribution >= 0.6 is 11.6 Å². The lowest BCUT2D eigenvalue weighted by Gasteiger charge is -2.17. The summed E-state index contributed by atoms with van der Waals surface area (Å²) in [6.45, 7) is 4.61. The third-order valence-corrected chi connectivity index (χ3v) is 3.72. The highest BCUT2D eigenvalue weighted by Gasteiger charge is 2.33. The first-order valence-corrected chi connectivity index (χ1v) is 7.41. The minimum atomic E-state index is -0.0886. The first-order chi connectivity index (χ1) is 9.70. The first kappa shape index (κ1) is 15.3. The zero-order valence-electron chi connectivity index (χ0n) is 11.7. The fourth-order valence-corrected chi connectivity index (χ4v) is 2.64. The van der Waals surface area contributed by atoms with E-state index in [1.165, 1.54) is 0 Å². The predicted octanol–water partition coefficient (Wildman–Crippen LogP) is 1.62. The fraction of sp³-hybridized carbons (Fsp3) is 0.533. The molecule has 1 saturated heterocycles. The van der Waals surface area contributed by atoms with Gasteiger partial charge in [0.1, 0.15) is 0 Å². The summed E-state index contributed by atoms with van der Waals surface area (Å²) in [4.78, 5) is 12.1. The number of ether oxygens (including phenoxy) is 1. The van der Waals surface area contributed by atoms with E-state index in [-0.39, 0.29) is 17.9 Å². The standard InChI is InChI=1S/C15H21ClN2O2/c1-2-17-14-10-20-9-13(14)15(19)18-7-6-11-4-3-5-12(16)8-11/h3-5,8,13-14,17H,2,6-7,9-10H2,1H3,(H,18,19). The summed E-state index contributed by atoms with van der Waals surface area (Å²) < 4.78 is 5.38. The van der Waals surface area contributed by atoms with Crippen molar-refractivity contribution in [3.63, 3.8) is 0 Å². The summed E-state index contributed by atoms with van der Waals surface area (Å²) in [5, 5.41) is 6.99. The quantitative estimate of drug-likeness (QED) is 0.839. The Kier molecular flexibility index (Phi) is 5.83. The number of carbonyl (C=O) groups is 1. The first-order valence-electron chi connectivity index (χ1n) is 7.04. The number of carbonyl (C=O) groups excluding carboxylic acids is 1. The molecule has 1 fully saturated rings. The van der Waals surface area contributed by atoms with Crippen molar-refractivity contribution in [1.29, 1.82) is 0 Å². The van der Waals surface area contributed by atoms with Gasteiger partial charge in [-0.2, -0.15) is 0 Å². The number of rotatable bonds is 6. The second-order valence-corrected chi connectivity index (χ2v) is 5.42. The molecule has 1 aliphatic rings. The summed E-state index contributed by atoms with van der Waals surface area (Å²) >= 11 is 5.93. The van der Waals surface area contributed by atoms with Crippen LogP contribution in [-0.2, 0) is 16.0 Å². The van der Waals surface area contributed by atoms with Crippen molar-refractivity contribution in [2.45, 2.75) is 19.4 Å².